The Morgan fingerprint density at radius 1 is 1.80 bits per heavy atom. The number of hydrogen-bond donors (Lipinski definition) is 2. The van der Waals surface area contributed by atoms with E-state index >= 15 is 0 Å². The Hall–Kier alpha value is -0.881. The molecule has 7 heteroatoms. The summed E-state index contributed by atoms with van der Waals surface area (Å²) >= 11 is 0.209. The minimum absolute atomic E-state index is 0.00759. The van der Waals surface area contributed by atoms with E-state index in [1.165, 1.54) is 4.57 Å². The molecular weight excluding hydrogens is 265 g/mol. The normalized spacial score (nSPS) is 25.7. The SMILES string of the molecule is Nc1ccn([C@@H]2C[Se][C@H](CO)O2)c(=O)n1. The molecule has 0 amide bonds. The first-order valence-electron chi connectivity index (χ1n) is 4.43. The van der Waals surface area contributed by atoms with Gasteiger partial charge in [-0.15, -0.1) is 0 Å². The standard InChI is InChI=1S/C8H11N3O3Se/c9-5-1-2-11(8(13)10-5)6-4-15-7(3-12)14-6/h1-2,6-7,12H,3-4H2,(H2,9,10,13)/t6-,7+/m0/s1. The zero-order valence-corrected chi connectivity index (χ0v) is 9.58. The van der Waals surface area contributed by atoms with Gasteiger partial charge in [-0.1, -0.05) is 0 Å². The van der Waals surface area contributed by atoms with Crippen molar-refractivity contribution in [2.24, 2.45) is 0 Å². The molecular formula is C8H11N3O3Se. The number of nitrogens with two attached hydrogens (primary N) is 1. The molecule has 0 spiro atoms. The quantitative estimate of drug-likeness (QED) is 0.662. The summed E-state index contributed by atoms with van der Waals surface area (Å²) in [6.07, 6.45) is 1.27. The Balaban J connectivity index is 2.20. The fourth-order valence-electron chi connectivity index (χ4n) is 1.33. The summed E-state index contributed by atoms with van der Waals surface area (Å²) in [7, 11) is 0. The molecule has 1 aromatic heterocycles. The molecule has 2 rings (SSSR count). The summed E-state index contributed by atoms with van der Waals surface area (Å²) in [6.45, 7) is 0.00759. The third-order valence-corrected chi connectivity index (χ3v) is 4.37. The van der Waals surface area contributed by atoms with Crippen LogP contribution in [0, 0.1) is 0 Å². The molecule has 3 N–H and O–H groups in total. The van der Waals surface area contributed by atoms with Crippen LogP contribution in [0.2, 0.25) is 5.32 Å². The van der Waals surface area contributed by atoms with E-state index in [2.05, 4.69) is 4.98 Å². The molecule has 0 radical (unpaired) electrons. The van der Waals surface area contributed by atoms with Gasteiger partial charge < -0.3 is 0 Å². The summed E-state index contributed by atoms with van der Waals surface area (Å²) in [6, 6.07) is 1.56. The van der Waals surface area contributed by atoms with Crippen LogP contribution in [-0.4, -0.2) is 41.2 Å². The van der Waals surface area contributed by atoms with Gasteiger partial charge in [-0.3, -0.25) is 0 Å². The summed E-state index contributed by atoms with van der Waals surface area (Å²) in [4.78, 5) is 15.1. The van der Waals surface area contributed by atoms with E-state index in [-0.39, 0.29) is 38.6 Å². The van der Waals surface area contributed by atoms with Crippen LogP contribution in [0.5, 0.6) is 0 Å². The van der Waals surface area contributed by atoms with Crippen molar-refractivity contribution in [2.75, 3.05) is 12.3 Å². The number of aromatic nitrogens is 2. The first kappa shape index (κ1) is 10.6. The molecule has 1 aromatic rings. The van der Waals surface area contributed by atoms with Gasteiger partial charge in [-0.25, -0.2) is 0 Å². The Morgan fingerprint density at radius 3 is 3.20 bits per heavy atom. The first-order chi connectivity index (χ1) is 7.20. The fourth-order valence-corrected chi connectivity index (χ4v) is 3.28. The van der Waals surface area contributed by atoms with Crippen molar-refractivity contribution in [3.8, 4) is 0 Å². The van der Waals surface area contributed by atoms with Crippen molar-refractivity contribution in [3.63, 3.8) is 0 Å². The molecule has 0 aromatic carbocycles. The average Bonchev–Trinajstić information content (AvgIpc) is 2.66. The number of nitrogen functional groups attached to an aromatic ring is 1. The van der Waals surface area contributed by atoms with Gasteiger partial charge in [0.2, 0.25) is 0 Å². The van der Waals surface area contributed by atoms with Gasteiger partial charge >= 0.3 is 91.8 Å². The van der Waals surface area contributed by atoms with Crippen LogP contribution in [0.3, 0.4) is 0 Å². The first-order valence-corrected chi connectivity index (χ1v) is 6.63. The minimum atomic E-state index is -0.408. The van der Waals surface area contributed by atoms with Gasteiger partial charge in [0.25, 0.3) is 0 Å². The maximum absolute atomic E-state index is 11.5. The third-order valence-electron chi connectivity index (χ3n) is 2.04. The van der Waals surface area contributed by atoms with E-state index in [9.17, 15) is 4.79 Å². The summed E-state index contributed by atoms with van der Waals surface area (Å²) < 4.78 is 6.89. The van der Waals surface area contributed by atoms with Crippen LogP contribution in [0.4, 0.5) is 5.82 Å². The van der Waals surface area contributed by atoms with Gasteiger partial charge in [-0.05, 0) is 0 Å². The number of rotatable bonds is 2. The number of nitrogens with zero attached hydrogens (tertiary/aromatic N) is 2. The second-order valence-corrected chi connectivity index (χ2v) is 5.58. The second-order valence-electron chi connectivity index (χ2n) is 3.08. The van der Waals surface area contributed by atoms with E-state index in [4.69, 9.17) is 15.6 Å². The topological polar surface area (TPSA) is 90.4 Å². The molecule has 2 atom stereocenters. The van der Waals surface area contributed by atoms with Crippen LogP contribution < -0.4 is 11.4 Å². The number of ether oxygens (including phenoxy) is 1. The molecule has 1 fully saturated rings. The Bertz CT molecular complexity index is 408. The molecule has 82 valence electrons. The predicted molar refractivity (Wildman–Crippen MR) is 54.5 cm³/mol. The van der Waals surface area contributed by atoms with Gasteiger partial charge in [0.1, 0.15) is 0 Å². The van der Waals surface area contributed by atoms with Crippen molar-refractivity contribution in [1.82, 2.24) is 9.55 Å². The average molecular weight is 276 g/mol. The van der Waals surface area contributed by atoms with E-state index in [0.29, 0.717) is 0 Å². The van der Waals surface area contributed by atoms with Crippen LogP contribution in [-0.2, 0) is 4.74 Å². The summed E-state index contributed by atoms with van der Waals surface area (Å²) in [5.74, 6) is 0.207. The molecule has 0 unspecified atom stereocenters. The van der Waals surface area contributed by atoms with Crippen LogP contribution >= 0.6 is 0 Å². The van der Waals surface area contributed by atoms with E-state index in [1.54, 1.807) is 12.3 Å². The molecule has 15 heavy (non-hydrogen) atoms. The maximum atomic E-state index is 11.5. The number of aliphatic hydroxyl groups excluding tert-OH is 1. The Morgan fingerprint density at radius 2 is 2.60 bits per heavy atom. The second kappa shape index (κ2) is 4.32. The molecule has 0 aliphatic carbocycles. The zero-order chi connectivity index (χ0) is 10.8. The van der Waals surface area contributed by atoms with Crippen LogP contribution in [0.25, 0.3) is 0 Å². The molecule has 2 heterocycles. The van der Waals surface area contributed by atoms with Crippen molar-refractivity contribution < 1.29 is 9.84 Å². The van der Waals surface area contributed by atoms with Crippen LogP contribution in [0.1, 0.15) is 6.23 Å². The van der Waals surface area contributed by atoms with Gasteiger partial charge in [0, 0.05) is 0 Å². The van der Waals surface area contributed by atoms with Gasteiger partial charge in [0.15, 0.2) is 0 Å². The molecule has 1 aliphatic rings. The molecule has 0 saturated carbocycles. The Labute approximate surface area is 92.2 Å². The molecule has 1 saturated heterocycles. The van der Waals surface area contributed by atoms with Gasteiger partial charge in [0.05, 0.1) is 0 Å². The number of anilines is 1. The number of aliphatic hydroxyl groups is 1. The van der Waals surface area contributed by atoms with Crippen molar-refractivity contribution >= 4 is 20.8 Å². The summed E-state index contributed by atoms with van der Waals surface area (Å²) in [5.41, 5.74) is 4.97. The molecule has 1 aliphatic heterocycles. The van der Waals surface area contributed by atoms with Crippen molar-refractivity contribution in [3.05, 3.63) is 22.7 Å². The van der Waals surface area contributed by atoms with E-state index in [0.717, 1.165) is 5.32 Å². The number of hydrogen-bond acceptors (Lipinski definition) is 5. The molecule has 0 bridgehead atoms. The van der Waals surface area contributed by atoms with Crippen molar-refractivity contribution in [2.45, 2.75) is 16.5 Å². The van der Waals surface area contributed by atoms with Gasteiger partial charge in [-0.2, -0.15) is 0 Å². The Kier molecular flexibility index (Phi) is 3.06. The monoisotopic (exact) mass is 277 g/mol. The zero-order valence-electron chi connectivity index (χ0n) is 7.87. The van der Waals surface area contributed by atoms with Crippen LogP contribution in [0.15, 0.2) is 17.1 Å². The third kappa shape index (κ3) is 2.21. The van der Waals surface area contributed by atoms with E-state index in [1.807, 2.05) is 0 Å². The van der Waals surface area contributed by atoms with E-state index < -0.39 is 5.69 Å². The van der Waals surface area contributed by atoms with Crippen molar-refractivity contribution in [1.29, 1.82) is 0 Å². The summed E-state index contributed by atoms with van der Waals surface area (Å²) in [5, 5.41) is 9.56. The fraction of sp³-hybridized carbons (Fsp3) is 0.500. The molecule has 6 nitrogen and oxygen atoms in total. The predicted octanol–water partition coefficient (Wildman–Crippen LogP) is -1.20.